The summed E-state index contributed by atoms with van der Waals surface area (Å²) in [5.74, 6) is 0. The molecule has 96 valence electrons. The highest BCUT2D eigenvalue weighted by Crippen LogP contribution is 2.34. The number of aromatic amines is 1. The first-order valence-electron chi connectivity index (χ1n) is 5.41. The molecule has 0 aliphatic carbocycles. The highest BCUT2D eigenvalue weighted by Gasteiger charge is 2.34. The fourth-order valence-electron chi connectivity index (χ4n) is 1.84. The number of imidazole rings is 1. The minimum atomic E-state index is -4.40. The lowest BCUT2D eigenvalue weighted by Gasteiger charge is -2.14. The van der Waals surface area contributed by atoms with Crippen molar-refractivity contribution >= 4 is 12.2 Å². The average molecular weight is 272 g/mol. The number of H-pyrrole nitrogens is 1. The molecule has 0 saturated carbocycles. The Morgan fingerprint density at radius 3 is 2.56 bits per heavy atom. The molecule has 1 heterocycles. The lowest BCUT2D eigenvalue weighted by molar-refractivity contribution is -0.137. The second-order valence-corrected chi connectivity index (χ2v) is 4.18. The van der Waals surface area contributed by atoms with Crippen LogP contribution in [0.5, 0.6) is 0 Å². The van der Waals surface area contributed by atoms with Gasteiger partial charge in [-0.2, -0.15) is 13.2 Å². The third kappa shape index (κ3) is 2.20. The fourth-order valence-corrected chi connectivity index (χ4v) is 2.11. The summed E-state index contributed by atoms with van der Waals surface area (Å²) in [4.78, 5) is 2.78. The molecule has 0 amide bonds. The van der Waals surface area contributed by atoms with E-state index in [4.69, 9.17) is 12.2 Å². The lowest BCUT2D eigenvalue weighted by atomic mass is 10.1. The summed E-state index contributed by atoms with van der Waals surface area (Å²) < 4.78 is 40.5. The maximum absolute atomic E-state index is 13.0. The number of nitrogens with zero attached hydrogens (tertiary/aromatic N) is 1. The van der Waals surface area contributed by atoms with Crippen LogP contribution in [-0.2, 0) is 12.6 Å². The van der Waals surface area contributed by atoms with Gasteiger partial charge in [-0.05, 0) is 30.8 Å². The molecule has 0 aliphatic heterocycles. The van der Waals surface area contributed by atoms with Gasteiger partial charge >= 0.3 is 6.18 Å². The third-order valence-corrected chi connectivity index (χ3v) is 2.97. The number of nitrogens with one attached hydrogen (secondary N) is 1. The molecule has 18 heavy (non-hydrogen) atoms. The minimum absolute atomic E-state index is 0.0631. The molecule has 1 aromatic heterocycles. The van der Waals surface area contributed by atoms with E-state index in [9.17, 15) is 13.2 Å². The Balaban J connectivity index is 2.72. The number of hydrogen-bond acceptors (Lipinski definition) is 1. The van der Waals surface area contributed by atoms with Crippen LogP contribution < -0.4 is 0 Å². The SMILES string of the molecule is CCc1c[nH]c(=S)n1-c1ccccc1C(F)(F)F. The molecule has 0 fully saturated rings. The van der Waals surface area contributed by atoms with E-state index in [0.29, 0.717) is 6.42 Å². The van der Waals surface area contributed by atoms with Gasteiger partial charge < -0.3 is 4.98 Å². The van der Waals surface area contributed by atoms with Gasteiger partial charge in [-0.25, -0.2) is 0 Å². The van der Waals surface area contributed by atoms with Crippen LogP contribution in [0.1, 0.15) is 18.2 Å². The lowest BCUT2D eigenvalue weighted by Crippen LogP contribution is -2.12. The quantitative estimate of drug-likeness (QED) is 0.816. The van der Waals surface area contributed by atoms with Gasteiger partial charge in [-0.15, -0.1) is 0 Å². The maximum Gasteiger partial charge on any atom is 0.418 e. The van der Waals surface area contributed by atoms with Crippen molar-refractivity contribution in [1.29, 1.82) is 0 Å². The van der Waals surface area contributed by atoms with E-state index in [1.54, 1.807) is 12.3 Å². The molecule has 6 heteroatoms. The predicted octanol–water partition coefficient (Wildman–Crippen LogP) is 4.12. The molecule has 2 rings (SSSR count). The highest BCUT2D eigenvalue weighted by atomic mass is 32.1. The van der Waals surface area contributed by atoms with Crippen molar-refractivity contribution in [2.75, 3.05) is 0 Å². The zero-order valence-electron chi connectivity index (χ0n) is 9.58. The molecule has 1 aromatic carbocycles. The van der Waals surface area contributed by atoms with Crippen molar-refractivity contribution in [3.63, 3.8) is 0 Å². The van der Waals surface area contributed by atoms with Gasteiger partial charge in [0.1, 0.15) is 0 Å². The van der Waals surface area contributed by atoms with Gasteiger partial charge in [0.05, 0.1) is 11.3 Å². The Morgan fingerprint density at radius 1 is 1.28 bits per heavy atom. The normalized spacial score (nSPS) is 11.8. The van der Waals surface area contributed by atoms with E-state index in [1.165, 1.54) is 16.7 Å². The molecular weight excluding hydrogens is 261 g/mol. The van der Waals surface area contributed by atoms with Crippen molar-refractivity contribution in [1.82, 2.24) is 9.55 Å². The van der Waals surface area contributed by atoms with Crippen molar-refractivity contribution < 1.29 is 13.2 Å². The maximum atomic E-state index is 13.0. The zero-order chi connectivity index (χ0) is 13.3. The van der Waals surface area contributed by atoms with Gasteiger partial charge in [0.25, 0.3) is 0 Å². The number of aromatic nitrogens is 2. The molecular formula is C12H11F3N2S. The Kier molecular flexibility index (Phi) is 3.30. The summed E-state index contributed by atoms with van der Waals surface area (Å²) in [6, 6.07) is 5.42. The molecule has 1 N–H and O–H groups in total. The van der Waals surface area contributed by atoms with E-state index in [1.807, 2.05) is 6.92 Å². The Labute approximate surface area is 107 Å². The molecule has 2 nitrogen and oxygen atoms in total. The number of rotatable bonds is 2. The average Bonchev–Trinajstić information content (AvgIpc) is 2.69. The van der Waals surface area contributed by atoms with Crippen LogP contribution in [0.4, 0.5) is 13.2 Å². The van der Waals surface area contributed by atoms with Crippen molar-refractivity contribution in [3.8, 4) is 5.69 Å². The third-order valence-electron chi connectivity index (χ3n) is 2.67. The number of benzene rings is 1. The van der Waals surface area contributed by atoms with Crippen LogP contribution >= 0.6 is 12.2 Å². The Bertz CT molecular complexity index is 610. The standard InChI is InChI=1S/C12H11F3N2S/c1-2-8-7-16-11(18)17(8)10-6-4-3-5-9(10)12(13,14)15/h3-7H,2H2,1H3,(H,16,18). The van der Waals surface area contributed by atoms with Crippen molar-refractivity contribution in [3.05, 3.63) is 46.5 Å². The van der Waals surface area contributed by atoms with Crippen LogP contribution in [0.15, 0.2) is 30.5 Å². The summed E-state index contributed by atoms with van der Waals surface area (Å²) in [6.45, 7) is 1.87. The van der Waals surface area contributed by atoms with Gasteiger partial charge in [0, 0.05) is 11.9 Å². The summed E-state index contributed by atoms with van der Waals surface area (Å²) in [6.07, 6.45) is -2.16. The van der Waals surface area contributed by atoms with Crippen LogP contribution in [0.25, 0.3) is 5.69 Å². The largest absolute Gasteiger partial charge is 0.418 e. The smallest absolute Gasteiger partial charge is 0.337 e. The second-order valence-electron chi connectivity index (χ2n) is 3.79. The highest BCUT2D eigenvalue weighted by molar-refractivity contribution is 7.71. The number of para-hydroxylation sites is 1. The number of alkyl halides is 3. The molecule has 0 radical (unpaired) electrons. The molecule has 0 atom stereocenters. The van der Waals surface area contributed by atoms with Crippen molar-refractivity contribution in [2.24, 2.45) is 0 Å². The van der Waals surface area contributed by atoms with E-state index >= 15 is 0 Å². The van der Waals surface area contributed by atoms with E-state index in [-0.39, 0.29) is 10.5 Å². The topological polar surface area (TPSA) is 20.7 Å². The minimum Gasteiger partial charge on any atom is -0.337 e. The molecule has 2 aromatic rings. The summed E-state index contributed by atoms with van der Waals surface area (Å²) >= 11 is 5.04. The van der Waals surface area contributed by atoms with Gasteiger partial charge in [0.15, 0.2) is 4.77 Å². The number of hydrogen-bond donors (Lipinski definition) is 1. The summed E-state index contributed by atoms with van der Waals surface area (Å²) in [5, 5.41) is 0. The van der Waals surface area contributed by atoms with E-state index in [0.717, 1.165) is 11.8 Å². The second kappa shape index (κ2) is 4.61. The summed E-state index contributed by atoms with van der Waals surface area (Å²) in [7, 11) is 0. The molecule has 0 unspecified atom stereocenters. The molecule has 0 aliphatic rings. The number of aryl methyl sites for hydroxylation is 1. The first-order chi connectivity index (χ1) is 8.45. The van der Waals surface area contributed by atoms with Crippen LogP contribution in [0.2, 0.25) is 0 Å². The first-order valence-corrected chi connectivity index (χ1v) is 5.82. The van der Waals surface area contributed by atoms with E-state index in [2.05, 4.69) is 4.98 Å². The Hall–Kier alpha value is -1.56. The van der Waals surface area contributed by atoms with Crippen molar-refractivity contribution in [2.45, 2.75) is 19.5 Å². The predicted molar refractivity (Wildman–Crippen MR) is 65.3 cm³/mol. The van der Waals surface area contributed by atoms with Crippen LogP contribution in [0, 0.1) is 4.77 Å². The van der Waals surface area contributed by atoms with Gasteiger partial charge in [0.2, 0.25) is 0 Å². The van der Waals surface area contributed by atoms with Gasteiger partial charge in [-0.3, -0.25) is 4.57 Å². The Morgan fingerprint density at radius 2 is 1.94 bits per heavy atom. The molecule has 0 saturated heterocycles. The van der Waals surface area contributed by atoms with Crippen LogP contribution in [0.3, 0.4) is 0 Å². The van der Waals surface area contributed by atoms with E-state index < -0.39 is 11.7 Å². The summed E-state index contributed by atoms with van der Waals surface area (Å²) in [5.41, 5.74) is 0.0974. The van der Waals surface area contributed by atoms with Crippen LogP contribution in [-0.4, -0.2) is 9.55 Å². The monoisotopic (exact) mass is 272 g/mol. The fraction of sp³-hybridized carbons (Fsp3) is 0.250. The number of halogens is 3. The zero-order valence-corrected chi connectivity index (χ0v) is 10.4. The molecule has 0 bridgehead atoms. The van der Waals surface area contributed by atoms with Gasteiger partial charge in [-0.1, -0.05) is 19.1 Å². The first kappa shape index (κ1) is 12.9. The molecule has 0 spiro atoms.